The predicted octanol–water partition coefficient (Wildman–Crippen LogP) is 2.83. The Morgan fingerprint density at radius 2 is 2.04 bits per heavy atom. The van der Waals surface area contributed by atoms with Crippen LogP contribution in [0.2, 0.25) is 0 Å². The van der Waals surface area contributed by atoms with Gasteiger partial charge in [0.25, 0.3) is 5.91 Å². The third kappa shape index (κ3) is 4.98. The number of rotatable bonds is 7. The summed E-state index contributed by atoms with van der Waals surface area (Å²) < 4.78 is 23.3. The van der Waals surface area contributed by atoms with Crippen LogP contribution in [0.5, 0.6) is 11.5 Å². The van der Waals surface area contributed by atoms with E-state index < -0.39 is 5.91 Å². The van der Waals surface area contributed by atoms with Gasteiger partial charge in [0.05, 0.1) is 26.1 Å². The van der Waals surface area contributed by atoms with Crippen LogP contribution >= 0.6 is 0 Å². The van der Waals surface area contributed by atoms with Crippen molar-refractivity contribution in [2.24, 2.45) is 5.16 Å². The average Bonchev–Trinajstić information content (AvgIpc) is 2.59. The second-order valence-corrected chi connectivity index (χ2v) is 4.68. The lowest BCUT2D eigenvalue weighted by molar-refractivity contribution is -0.120. The summed E-state index contributed by atoms with van der Waals surface area (Å²) in [5.41, 5.74) is 1.02. The molecule has 7 heteroatoms. The Bertz CT molecular complexity index is 734. The highest BCUT2D eigenvalue weighted by molar-refractivity contribution is 5.93. The zero-order chi connectivity index (χ0) is 17.4. The van der Waals surface area contributed by atoms with Crippen molar-refractivity contribution in [3.8, 4) is 11.5 Å². The molecule has 0 aliphatic heterocycles. The smallest absolute Gasteiger partial charge is 0.265 e. The van der Waals surface area contributed by atoms with Gasteiger partial charge >= 0.3 is 0 Å². The number of anilines is 1. The maximum Gasteiger partial charge on any atom is 0.265 e. The van der Waals surface area contributed by atoms with Crippen molar-refractivity contribution >= 4 is 17.8 Å². The van der Waals surface area contributed by atoms with Crippen molar-refractivity contribution in [3.63, 3.8) is 0 Å². The number of methoxy groups -OCH3 is 2. The van der Waals surface area contributed by atoms with Gasteiger partial charge in [-0.25, -0.2) is 4.39 Å². The van der Waals surface area contributed by atoms with Crippen LogP contribution in [0, 0.1) is 5.82 Å². The van der Waals surface area contributed by atoms with Crippen LogP contribution in [-0.4, -0.2) is 32.9 Å². The standard InChI is InChI=1S/C17H17FN2O4/c1-22-14-6-7-15(16(9-14)23-2)20-17(21)11-24-19-10-12-4-3-5-13(18)8-12/h3-10H,11H2,1-2H3,(H,20,21)/b19-10-. The van der Waals surface area contributed by atoms with Crippen LogP contribution in [0.1, 0.15) is 5.56 Å². The van der Waals surface area contributed by atoms with Gasteiger partial charge in [-0.2, -0.15) is 0 Å². The topological polar surface area (TPSA) is 69.2 Å². The molecule has 0 heterocycles. The van der Waals surface area contributed by atoms with Crippen molar-refractivity contribution in [1.29, 1.82) is 0 Å². The summed E-state index contributed by atoms with van der Waals surface area (Å²) in [5, 5.41) is 6.27. The van der Waals surface area contributed by atoms with Crippen molar-refractivity contribution in [2.75, 3.05) is 26.1 Å². The number of carbonyl (C=O) groups excluding carboxylic acids is 1. The van der Waals surface area contributed by atoms with Crippen molar-refractivity contribution < 1.29 is 23.5 Å². The van der Waals surface area contributed by atoms with Crippen LogP contribution < -0.4 is 14.8 Å². The van der Waals surface area contributed by atoms with E-state index in [1.807, 2.05) is 0 Å². The highest BCUT2D eigenvalue weighted by Crippen LogP contribution is 2.28. The van der Waals surface area contributed by atoms with E-state index in [1.165, 1.54) is 32.6 Å². The summed E-state index contributed by atoms with van der Waals surface area (Å²) in [6.45, 7) is -0.291. The maximum atomic E-state index is 13.0. The minimum Gasteiger partial charge on any atom is -0.497 e. The number of carbonyl (C=O) groups is 1. The summed E-state index contributed by atoms with van der Waals surface area (Å²) >= 11 is 0. The molecule has 2 aromatic carbocycles. The molecule has 0 saturated carbocycles. The van der Waals surface area contributed by atoms with Crippen LogP contribution in [-0.2, 0) is 9.63 Å². The van der Waals surface area contributed by atoms with Gasteiger partial charge in [0.1, 0.15) is 17.3 Å². The Morgan fingerprint density at radius 3 is 2.75 bits per heavy atom. The molecule has 0 saturated heterocycles. The molecule has 0 aliphatic carbocycles. The molecular weight excluding hydrogens is 315 g/mol. The van der Waals surface area contributed by atoms with Crippen LogP contribution in [0.15, 0.2) is 47.6 Å². The number of oxime groups is 1. The first-order valence-corrected chi connectivity index (χ1v) is 7.05. The molecule has 2 rings (SSSR count). The molecule has 0 bridgehead atoms. The fourth-order valence-corrected chi connectivity index (χ4v) is 1.87. The Hall–Kier alpha value is -3.09. The van der Waals surface area contributed by atoms with Gasteiger partial charge in [-0.1, -0.05) is 17.3 Å². The first-order chi connectivity index (χ1) is 11.6. The molecule has 0 atom stereocenters. The van der Waals surface area contributed by atoms with E-state index >= 15 is 0 Å². The molecule has 1 amide bonds. The lowest BCUT2D eigenvalue weighted by atomic mass is 10.2. The van der Waals surface area contributed by atoms with Crippen LogP contribution in [0.4, 0.5) is 10.1 Å². The molecule has 126 valence electrons. The Kier molecular flexibility index (Phi) is 6.13. The lowest BCUT2D eigenvalue weighted by Crippen LogP contribution is -2.17. The van der Waals surface area contributed by atoms with E-state index in [0.717, 1.165) is 0 Å². The van der Waals surface area contributed by atoms with E-state index in [9.17, 15) is 9.18 Å². The zero-order valence-electron chi connectivity index (χ0n) is 13.3. The number of nitrogens with one attached hydrogen (secondary N) is 1. The average molecular weight is 332 g/mol. The fraction of sp³-hybridized carbons (Fsp3) is 0.176. The van der Waals surface area contributed by atoms with E-state index in [1.54, 1.807) is 30.3 Å². The molecule has 24 heavy (non-hydrogen) atoms. The molecule has 0 radical (unpaired) electrons. The number of halogens is 1. The Morgan fingerprint density at radius 1 is 1.21 bits per heavy atom. The number of nitrogens with zero attached hydrogens (tertiary/aromatic N) is 1. The molecule has 0 spiro atoms. The molecule has 0 unspecified atom stereocenters. The monoisotopic (exact) mass is 332 g/mol. The van der Waals surface area contributed by atoms with Gasteiger partial charge in [-0.15, -0.1) is 0 Å². The van der Waals surface area contributed by atoms with Crippen molar-refractivity contribution in [3.05, 3.63) is 53.8 Å². The van der Waals surface area contributed by atoms with Gasteiger partial charge < -0.3 is 19.6 Å². The normalized spacial score (nSPS) is 10.5. The predicted molar refractivity (Wildman–Crippen MR) is 88.1 cm³/mol. The number of amides is 1. The van der Waals surface area contributed by atoms with Crippen LogP contribution in [0.25, 0.3) is 0 Å². The van der Waals surface area contributed by atoms with Gasteiger partial charge in [0, 0.05) is 6.07 Å². The molecular formula is C17H17FN2O4. The molecule has 0 aliphatic rings. The number of hydrogen-bond donors (Lipinski definition) is 1. The second kappa shape index (κ2) is 8.52. The summed E-state index contributed by atoms with van der Waals surface area (Å²) in [6.07, 6.45) is 1.32. The van der Waals surface area contributed by atoms with Gasteiger partial charge in [-0.05, 0) is 29.8 Å². The summed E-state index contributed by atoms with van der Waals surface area (Å²) in [5.74, 6) is 0.296. The maximum absolute atomic E-state index is 13.0. The fourth-order valence-electron chi connectivity index (χ4n) is 1.87. The minimum atomic E-state index is -0.408. The van der Waals surface area contributed by atoms with E-state index in [4.69, 9.17) is 14.3 Å². The molecule has 0 aromatic heterocycles. The number of benzene rings is 2. The minimum absolute atomic E-state index is 0.291. The summed E-state index contributed by atoms with van der Waals surface area (Å²) in [7, 11) is 3.03. The van der Waals surface area contributed by atoms with E-state index in [-0.39, 0.29) is 12.4 Å². The van der Waals surface area contributed by atoms with Crippen molar-refractivity contribution in [2.45, 2.75) is 0 Å². The first kappa shape index (κ1) is 17.3. The Labute approximate surface area is 138 Å². The highest BCUT2D eigenvalue weighted by Gasteiger charge is 2.09. The van der Waals surface area contributed by atoms with Crippen LogP contribution in [0.3, 0.4) is 0 Å². The first-order valence-electron chi connectivity index (χ1n) is 7.05. The molecule has 0 fully saturated rings. The van der Waals surface area contributed by atoms with Gasteiger partial charge in [0.15, 0.2) is 6.61 Å². The molecule has 1 N–H and O–H groups in total. The summed E-state index contributed by atoms with van der Waals surface area (Å²) in [4.78, 5) is 16.7. The quantitative estimate of drug-likeness (QED) is 0.625. The Balaban J connectivity index is 1.87. The lowest BCUT2D eigenvalue weighted by Gasteiger charge is -2.11. The van der Waals surface area contributed by atoms with E-state index in [0.29, 0.717) is 22.7 Å². The zero-order valence-corrected chi connectivity index (χ0v) is 13.3. The third-order valence-electron chi connectivity index (χ3n) is 3.00. The second-order valence-electron chi connectivity index (χ2n) is 4.68. The molecule has 6 nitrogen and oxygen atoms in total. The van der Waals surface area contributed by atoms with Crippen molar-refractivity contribution in [1.82, 2.24) is 0 Å². The largest absolute Gasteiger partial charge is 0.497 e. The SMILES string of the molecule is COc1ccc(NC(=O)CO/N=C\c2cccc(F)c2)c(OC)c1. The molecule has 2 aromatic rings. The third-order valence-corrected chi connectivity index (χ3v) is 3.00. The van der Waals surface area contributed by atoms with E-state index in [2.05, 4.69) is 10.5 Å². The number of ether oxygens (including phenoxy) is 2. The highest BCUT2D eigenvalue weighted by atomic mass is 19.1. The van der Waals surface area contributed by atoms with Gasteiger partial charge in [0.2, 0.25) is 0 Å². The van der Waals surface area contributed by atoms with Gasteiger partial charge in [-0.3, -0.25) is 4.79 Å². The number of hydrogen-bond acceptors (Lipinski definition) is 5. The summed E-state index contributed by atoms with van der Waals surface area (Å²) in [6, 6.07) is 10.9.